The van der Waals surface area contributed by atoms with E-state index in [-0.39, 0.29) is 18.1 Å². The Kier molecular flexibility index (Phi) is 4.43. The number of amides is 1. The molecule has 0 aliphatic rings. The number of aliphatic carboxylic acids is 1. The largest absolute Gasteiger partial charge is 0.481 e. The van der Waals surface area contributed by atoms with E-state index in [9.17, 15) is 9.59 Å². The third-order valence-corrected chi connectivity index (χ3v) is 2.52. The smallest absolute Gasteiger partial charge is 0.310 e. The molecule has 100 valence electrons. The summed E-state index contributed by atoms with van der Waals surface area (Å²) in [6.07, 6.45) is 3.10. The monoisotopic (exact) mass is 254 g/mol. The van der Waals surface area contributed by atoms with Crippen molar-refractivity contribution in [2.24, 2.45) is 11.1 Å². The van der Waals surface area contributed by atoms with Gasteiger partial charge in [0, 0.05) is 25.8 Å². The quantitative estimate of drug-likeness (QED) is 0.644. The van der Waals surface area contributed by atoms with Gasteiger partial charge in [-0.05, 0) is 13.8 Å². The number of carboxylic acids is 1. The number of hydrogen-bond acceptors (Lipinski definition) is 4. The van der Waals surface area contributed by atoms with E-state index in [0.717, 1.165) is 0 Å². The van der Waals surface area contributed by atoms with Crippen LogP contribution in [0, 0.1) is 5.41 Å². The van der Waals surface area contributed by atoms with Gasteiger partial charge in [-0.25, -0.2) is 4.98 Å². The molecule has 1 amide bonds. The molecular formula is C11H18N4O3. The molecule has 1 aromatic rings. The maximum absolute atomic E-state index is 11.7. The van der Waals surface area contributed by atoms with Crippen molar-refractivity contribution in [1.82, 2.24) is 14.9 Å². The molecule has 18 heavy (non-hydrogen) atoms. The molecule has 1 aromatic heterocycles. The summed E-state index contributed by atoms with van der Waals surface area (Å²) in [5.74, 6) is -1.35. The first kappa shape index (κ1) is 14.2. The highest BCUT2D eigenvalue weighted by molar-refractivity contribution is 5.92. The summed E-state index contributed by atoms with van der Waals surface area (Å²) in [5, 5.41) is 11.5. The number of carbonyl (C=O) groups excluding carboxylic acids is 1. The average Bonchev–Trinajstić information content (AvgIpc) is 2.75. The van der Waals surface area contributed by atoms with E-state index in [0.29, 0.717) is 13.1 Å². The van der Waals surface area contributed by atoms with Crippen LogP contribution in [0.1, 0.15) is 24.3 Å². The van der Waals surface area contributed by atoms with Crippen LogP contribution in [0.25, 0.3) is 0 Å². The highest BCUT2D eigenvalue weighted by atomic mass is 16.4. The fourth-order valence-corrected chi connectivity index (χ4v) is 1.22. The lowest BCUT2D eigenvalue weighted by molar-refractivity contribution is -0.146. The summed E-state index contributed by atoms with van der Waals surface area (Å²) in [6, 6.07) is 0. The standard InChI is InChI=1S/C11H18N4O3/c1-11(2,10(17)18)6-13-9(16)8-5-15(4-3-12)7-14-8/h5,7H,3-4,6,12H2,1-2H3,(H,13,16)(H,17,18). The predicted molar refractivity (Wildman–Crippen MR) is 65.0 cm³/mol. The van der Waals surface area contributed by atoms with Crippen molar-refractivity contribution in [3.63, 3.8) is 0 Å². The maximum atomic E-state index is 11.7. The number of aromatic nitrogens is 2. The summed E-state index contributed by atoms with van der Waals surface area (Å²) in [6.45, 7) is 4.18. The van der Waals surface area contributed by atoms with Gasteiger partial charge >= 0.3 is 5.97 Å². The Bertz CT molecular complexity index is 439. The Hall–Kier alpha value is -1.89. The number of rotatable bonds is 6. The number of nitrogens with one attached hydrogen (secondary N) is 1. The van der Waals surface area contributed by atoms with Crippen LogP contribution in [-0.2, 0) is 11.3 Å². The zero-order valence-electron chi connectivity index (χ0n) is 10.5. The van der Waals surface area contributed by atoms with Crippen LogP contribution in [-0.4, -0.2) is 39.6 Å². The molecule has 0 saturated heterocycles. The van der Waals surface area contributed by atoms with E-state index in [1.807, 2.05) is 0 Å². The SMILES string of the molecule is CC(C)(CNC(=O)c1cn(CCN)cn1)C(=O)O. The molecule has 0 aromatic carbocycles. The van der Waals surface area contributed by atoms with Crippen LogP contribution in [0.2, 0.25) is 0 Å². The van der Waals surface area contributed by atoms with Crippen molar-refractivity contribution in [2.45, 2.75) is 20.4 Å². The number of hydrogen-bond donors (Lipinski definition) is 3. The minimum Gasteiger partial charge on any atom is -0.481 e. The Balaban J connectivity index is 2.57. The summed E-state index contributed by atoms with van der Waals surface area (Å²) < 4.78 is 1.71. The van der Waals surface area contributed by atoms with Crippen LogP contribution in [0.5, 0.6) is 0 Å². The van der Waals surface area contributed by atoms with Gasteiger partial charge in [-0.15, -0.1) is 0 Å². The van der Waals surface area contributed by atoms with Crippen LogP contribution in [0.15, 0.2) is 12.5 Å². The molecule has 0 aliphatic carbocycles. The summed E-state index contributed by atoms with van der Waals surface area (Å²) >= 11 is 0. The first-order chi connectivity index (χ1) is 8.36. The van der Waals surface area contributed by atoms with Crippen LogP contribution < -0.4 is 11.1 Å². The Morgan fingerprint density at radius 3 is 2.78 bits per heavy atom. The number of carbonyl (C=O) groups is 2. The van der Waals surface area contributed by atoms with Gasteiger partial charge in [0.1, 0.15) is 5.69 Å². The van der Waals surface area contributed by atoms with Crippen molar-refractivity contribution in [3.05, 3.63) is 18.2 Å². The predicted octanol–water partition coefficient (Wildman–Crippen LogP) is -0.318. The molecule has 0 saturated carbocycles. The van der Waals surface area contributed by atoms with Crippen LogP contribution in [0.4, 0.5) is 0 Å². The molecule has 0 unspecified atom stereocenters. The van der Waals surface area contributed by atoms with Crippen molar-refractivity contribution in [1.29, 1.82) is 0 Å². The fourth-order valence-electron chi connectivity index (χ4n) is 1.22. The third-order valence-electron chi connectivity index (χ3n) is 2.52. The lowest BCUT2D eigenvalue weighted by atomic mass is 9.94. The second-order valence-corrected chi connectivity index (χ2v) is 4.66. The normalized spacial score (nSPS) is 11.3. The number of imidazole rings is 1. The molecular weight excluding hydrogens is 236 g/mol. The molecule has 1 heterocycles. The van der Waals surface area contributed by atoms with Gasteiger partial charge in [0.2, 0.25) is 0 Å². The number of nitrogens with zero attached hydrogens (tertiary/aromatic N) is 2. The van der Waals surface area contributed by atoms with Crippen molar-refractivity contribution >= 4 is 11.9 Å². The molecule has 7 heteroatoms. The summed E-state index contributed by atoms with van der Waals surface area (Å²) in [5.41, 5.74) is 4.63. The van der Waals surface area contributed by atoms with Crippen molar-refractivity contribution in [3.8, 4) is 0 Å². The van der Waals surface area contributed by atoms with Crippen LogP contribution in [0.3, 0.4) is 0 Å². The van der Waals surface area contributed by atoms with Gasteiger partial charge in [0.25, 0.3) is 5.91 Å². The lowest BCUT2D eigenvalue weighted by Gasteiger charge is -2.18. The van der Waals surface area contributed by atoms with E-state index in [1.54, 1.807) is 24.6 Å². The second kappa shape index (κ2) is 5.63. The molecule has 7 nitrogen and oxygen atoms in total. The minimum absolute atomic E-state index is 0.0465. The molecule has 1 rings (SSSR count). The summed E-state index contributed by atoms with van der Waals surface area (Å²) in [7, 11) is 0. The van der Waals surface area contributed by atoms with E-state index >= 15 is 0 Å². The second-order valence-electron chi connectivity index (χ2n) is 4.66. The number of nitrogens with two attached hydrogens (primary N) is 1. The zero-order chi connectivity index (χ0) is 13.8. The van der Waals surface area contributed by atoms with Crippen molar-refractivity contribution < 1.29 is 14.7 Å². The van der Waals surface area contributed by atoms with E-state index < -0.39 is 11.4 Å². The topological polar surface area (TPSA) is 110 Å². The molecule has 0 spiro atoms. The first-order valence-corrected chi connectivity index (χ1v) is 5.60. The van der Waals surface area contributed by atoms with Crippen LogP contribution >= 0.6 is 0 Å². The van der Waals surface area contributed by atoms with Gasteiger partial charge in [0.15, 0.2) is 0 Å². The van der Waals surface area contributed by atoms with E-state index in [2.05, 4.69) is 10.3 Å². The minimum atomic E-state index is -1.00. The molecule has 0 aliphatic heterocycles. The first-order valence-electron chi connectivity index (χ1n) is 5.60. The van der Waals surface area contributed by atoms with Gasteiger partial charge in [-0.3, -0.25) is 9.59 Å². The van der Waals surface area contributed by atoms with E-state index in [1.165, 1.54) is 6.33 Å². The Morgan fingerprint density at radius 1 is 1.56 bits per heavy atom. The average molecular weight is 254 g/mol. The molecule has 0 atom stereocenters. The zero-order valence-corrected chi connectivity index (χ0v) is 10.5. The summed E-state index contributed by atoms with van der Waals surface area (Å²) in [4.78, 5) is 26.5. The maximum Gasteiger partial charge on any atom is 0.310 e. The fraction of sp³-hybridized carbons (Fsp3) is 0.545. The van der Waals surface area contributed by atoms with Gasteiger partial charge in [0.05, 0.1) is 11.7 Å². The highest BCUT2D eigenvalue weighted by Crippen LogP contribution is 2.13. The molecule has 0 bridgehead atoms. The Morgan fingerprint density at radius 2 is 2.22 bits per heavy atom. The van der Waals surface area contributed by atoms with Gasteiger partial charge < -0.3 is 20.7 Å². The Labute approximate surface area is 105 Å². The van der Waals surface area contributed by atoms with Crippen molar-refractivity contribution in [2.75, 3.05) is 13.1 Å². The third kappa shape index (κ3) is 3.56. The van der Waals surface area contributed by atoms with Gasteiger partial charge in [-0.1, -0.05) is 0 Å². The van der Waals surface area contributed by atoms with E-state index in [4.69, 9.17) is 10.8 Å². The molecule has 4 N–H and O–H groups in total. The molecule has 0 radical (unpaired) electrons. The van der Waals surface area contributed by atoms with Gasteiger partial charge in [-0.2, -0.15) is 0 Å². The lowest BCUT2D eigenvalue weighted by Crippen LogP contribution is -2.39. The number of carboxylic acid groups (broad SMARTS) is 1. The molecule has 0 fully saturated rings. The highest BCUT2D eigenvalue weighted by Gasteiger charge is 2.27.